The first-order chi connectivity index (χ1) is 39.2. The van der Waals surface area contributed by atoms with Crippen molar-refractivity contribution in [2.45, 2.75) is 244 Å². The van der Waals surface area contributed by atoms with Gasteiger partial charge in [-0.1, -0.05) is 90.9 Å². The van der Waals surface area contributed by atoms with Crippen LogP contribution in [0.5, 0.6) is 0 Å². The molecule has 0 unspecified atom stereocenters. The highest BCUT2D eigenvalue weighted by molar-refractivity contribution is 5.98. The van der Waals surface area contributed by atoms with E-state index in [9.17, 15) is 68.1 Å². The summed E-state index contributed by atoms with van der Waals surface area (Å²) < 4.78 is 0. The van der Waals surface area contributed by atoms with Crippen molar-refractivity contribution in [1.82, 2.24) is 26.6 Å². The van der Waals surface area contributed by atoms with Crippen molar-refractivity contribution in [2.75, 3.05) is 19.7 Å². The number of carbonyl (C=O) groups is 11. The van der Waals surface area contributed by atoms with Crippen LogP contribution < -0.4 is 55.3 Å². The van der Waals surface area contributed by atoms with Crippen LogP contribution >= 0.6 is 0 Å². The predicted molar refractivity (Wildman–Crippen MR) is 314 cm³/mol. The largest absolute Gasteiger partial charge is 0.396 e. The Kier molecular flexibility index (Phi) is 40.7. The zero-order chi connectivity index (χ0) is 63.0. The molecule has 0 aliphatic heterocycles. The van der Waals surface area contributed by atoms with Gasteiger partial charge in [0, 0.05) is 64.5 Å². The molecule has 26 nitrogen and oxygen atoms in total. The Morgan fingerprint density at radius 3 is 1.35 bits per heavy atom. The molecule has 6 amide bonds. The lowest BCUT2D eigenvalue weighted by Gasteiger charge is -2.25. The molecule has 0 saturated heterocycles. The van der Waals surface area contributed by atoms with Gasteiger partial charge >= 0.3 is 0 Å². The van der Waals surface area contributed by atoms with Crippen LogP contribution in [0.4, 0.5) is 0 Å². The number of unbranched alkanes of at least 4 members (excludes halogenated alkanes) is 12. The Labute approximate surface area is 490 Å². The van der Waals surface area contributed by atoms with Gasteiger partial charge in [-0.05, 0) is 59.8 Å². The minimum atomic E-state index is -1.43. The summed E-state index contributed by atoms with van der Waals surface area (Å²) in [4.78, 5) is 153. The van der Waals surface area contributed by atoms with Gasteiger partial charge in [-0.25, -0.2) is 0 Å². The maximum absolute atomic E-state index is 13.7. The zero-order valence-electron chi connectivity index (χ0n) is 50.2. The number of Topliss-reactive ketones (excluding diaryl/α,β-unsaturated/α-hetero) is 5. The molecule has 0 aliphatic rings. The summed E-state index contributed by atoms with van der Waals surface area (Å²) in [5.41, 5.74) is 27.0. The smallest absolute Gasteiger partial charge is 0.226 e. The number of aliphatic hydroxyl groups is 3. The van der Waals surface area contributed by atoms with Crippen LogP contribution in [-0.4, -0.2) is 154 Å². The molecule has 0 aliphatic carbocycles. The molecule has 0 aromatic rings. The maximum Gasteiger partial charge on any atom is 0.226 e. The van der Waals surface area contributed by atoms with E-state index < -0.39 is 164 Å². The molecule has 0 heterocycles. The summed E-state index contributed by atoms with van der Waals surface area (Å²) in [5.74, 6) is -12.4. The van der Waals surface area contributed by atoms with E-state index in [1.807, 2.05) is 0 Å². The van der Waals surface area contributed by atoms with E-state index >= 15 is 0 Å². The lowest BCUT2D eigenvalue weighted by molar-refractivity contribution is -0.137. The highest BCUT2D eigenvalue weighted by atomic mass is 16.3. The van der Waals surface area contributed by atoms with Gasteiger partial charge in [-0.2, -0.15) is 0 Å². The average molecular weight is 1180 g/mol. The molecule has 18 N–H and O–H groups in total. The quantitative estimate of drug-likeness (QED) is 0.0227. The van der Waals surface area contributed by atoms with Crippen molar-refractivity contribution >= 4 is 76.3 Å². The number of ketones is 5. The number of amides is 6. The zero-order valence-corrected chi connectivity index (χ0v) is 50.2. The molecule has 0 radical (unpaired) electrons. The van der Waals surface area contributed by atoms with Crippen molar-refractivity contribution in [3.8, 4) is 0 Å². The lowest BCUT2D eigenvalue weighted by Crippen LogP contribution is -2.49. The molecule has 0 aromatic heterocycles. The second kappa shape index (κ2) is 44.2. The minimum absolute atomic E-state index is 0.0396. The van der Waals surface area contributed by atoms with Gasteiger partial charge in [0.05, 0.1) is 60.7 Å². The molecule has 0 spiro atoms. The normalized spacial score (nSPS) is 14.8. The summed E-state index contributed by atoms with van der Waals surface area (Å²) in [5, 5.41) is 43.7. The Morgan fingerprint density at radius 1 is 0.434 bits per heavy atom. The summed E-state index contributed by atoms with van der Waals surface area (Å²) in [7, 11) is 0. The van der Waals surface area contributed by atoms with Gasteiger partial charge in [0.1, 0.15) is 6.04 Å². The fraction of sp³-hybridized carbons (Fsp3) is 0.772. The number of aliphatic imine (C=N–C) groups is 2. The van der Waals surface area contributed by atoms with Crippen LogP contribution in [0.25, 0.3) is 0 Å². The van der Waals surface area contributed by atoms with Crippen LogP contribution in [0.2, 0.25) is 0 Å². The average Bonchev–Trinajstić information content (AvgIpc) is 3.57. The van der Waals surface area contributed by atoms with Gasteiger partial charge in [0.2, 0.25) is 35.4 Å². The summed E-state index contributed by atoms with van der Waals surface area (Å²) in [6.07, 6.45) is 9.42. The molecular formula is C57H102N12O14. The Balaban J connectivity index is 5.63. The van der Waals surface area contributed by atoms with Gasteiger partial charge < -0.3 is 70.6 Å². The molecule has 474 valence electrons. The number of nitrogens with two attached hydrogens (primary N) is 5. The van der Waals surface area contributed by atoms with Gasteiger partial charge in [0.15, 0.2) is 40.8 Å². The number of nitrogens with one attached hydrogen (secondary N) is 5. The van der Waals surface area contributed by atoms with Crippen LogP contribution in [0, 0.1) is 17.8 Å². The summed E-state index contributed by atoms with van der Waals surface area (Å²) in [6, 6.07) is -6.15. The Morgan fingerprint density at radius 2 is 0.892 bits per heavy atom. The number of nitrogens with zero attached hydrogens (tertiary/aromatic N) is 2. The molecule has 0 rings (SSSR count). The van der Waals surface area contributed by atoms with Crippen molar-refractivity contribution in [3.05, 3.63) is 0 Å². The fourth-order valence-electron chi connectivity index (χ4n) is 9.09. The van der Waals surface area contributed by atoms with Crippen LogP contribution in [0.1, 0.15) is 202 Å². The monoisotopic (exact) mass is 1180 g/mol. The first-order valence-electron chi connectivity index (χ1n) is 29.7. The van der Waals surface area contributed by atoms with E-state index in [4.69, 9.17) is 28.7 Å². The number of aliphatic hydroxyl groups excluding tert-OH is 3. The van der Waals surface area contributed by atoms with Crippen molar-refractivity contribution in [1.29, 1.82) is 0 Å². The van der Waals surface area contributed by atoms with Gasteiger partial charge in [-0.3, -0.25) is 62.7 Å². The number of rotatable bonds is 50. The molecule has 26 heteroatoms. The third-order valence-corrected chi connectivity index (χ3v) is 14.2. The van der Waals surface area contributed by atoms with E-state index in [2.05, 4.69) is 43.5 Å². The number of carbonyl (C=O) groups excluding carboxylic acids is 11. The summed E-state index contributed by atoms with van der Waals surface area (Å²) >= 11 is 0. The number of hydrogen-bond donors (Lipinski definition) is 13. The Hall–Kier alpha value is -6.41. The molecule has 0 bridgehead atoms. The molecule has 0 aromatic carbocycles. The molecule has 0 fully saturated rings. The van der Waals surface area contributed by atoms with E-state index in [0.29, 0.717) is 12.8 Å². The predicted octanol–water partition coefficient (Wildman–Crippen LogP) is 0.723. The molecule has 83 heavy (non-hydrogen) atoms. The van der Waals surface area contributed by atoms with Crippen LogP contribution in [0.3, 0.4) is 0 Å². The third-order valence-electron chi connectivity index (χ3n) is 14.2. The number of primary amides is 1. The topological polar surface area (TPSA) is 463 Å². The minimum Gasteiger partial charge on any atom is -0.396 e. The van der Waals surface area contributed by atoms with Crippen LogP contribution in [-0.2, 0) is 52.7 Å². The fourth-order valence-corrected chi connectivity index (χ4v) is 9.09. The molecular weight excluding hydrogens is 1080 g/mol. The maximum atomic E-state index is 13.7. The number of hydrogen-bond acceptors (Lipinski definition) is 16. The van der Waals surface area contributed by atoms with Crippen molar-refractivity contribution in [3.63, 3.8) is 0 Å². The summed E-state index contributed by atoms with van der Waals surface area (Å²) in [6.45, 7) is 8.39. The third kappa shape index (κ3) is 35.4. The molecule has 10 atom stereocenters. The van der Waals surface area contributed by atoms with Gasteiger partial charge in [-0.15, -0.1) is 0 Å². The van der Waals surface area contributed by atoms with Gasteiger partial charge in [0.25, 0.3) is 0 Å². The standard InChI is InChI=1S/C57H102N12O14/c1-7-9-10-11-12-13-14-15-16-17-18-19-20-25-50(79)69-52(38(6)72)48(77)30-39(32-49(58)78)53(81)65-35(3)45(74)26-27-51(80)67-43(24-22-29-64-57(61)62)47(76)31-40(34-70)54(82)66-36(4)46(75)33-41(37(5)71)55(83)68-42(44(73)8-2)23-21-28-63-56(59)60/h35-43,52,70-72H,7-34H2,1-6H3,(H2,58,78)(H,65,81)(H,66,82)(H,67,80)(H,68,83)(H,69,79)(H4,59,60,63)(H4,61,62,64)/t35-,36-,37+,38+,39-,40-,41-,42-,43-,52-/m0/s1. The first-order valence-corrected chi connectivity index (χ1v) is 29.7. The SMILES string of the molecule is CCCCCCCCCCCCCCCC(=O)N[C@H](C(=O)C[C@@H](CC(N)=O)C(=O)N[C@@H](C)C(=O)CCC(=O)N[C@@H](CCCN=C(N)N)C(=O)C[C@@H](CO)C(=O)N[C@@H](C)C(=O)C[C@H](C(=O)N[C@@H](CCCN=C(N)N)C(=O)CC)[C@@H](C)O)[C@@H](C)O. The van der Waals surface area contributed by atoms with E-state index in [1.54, 1.807) is 6.92 Å². The second-order valence-electron chi connectivity index (χ2n) is 21.7. The van der Waals surface area contributed by atoms with E-state index in [-0.39, 0.29) is 62.9 Å². The van der Waals surface area contributed by atoms with E-state index in [0.717, 1.165) is 25.7 Å². The Bertz CT molecular complexity index is 2110. The highest BCUT2D eigenvalue weighted by Crippen LogP contribution is 2.18. The molecule has 0 saturated carbocycles. The second-order valence-corrected chi connectivity index (χ2v) is 21.7. The van der Waals surface area contributed by atoms with E-state index in [1.165, 1.54) is 79.1 Å². The number of guanidine groups is 2. The first kappa shape index (κ1) is 76.6. The van der Waals surface area contributed by atoms with Crippen molar-refractivity contribution < 1.29 is 68.1 Å². The highest BCUT2D eigenvalue weighted by Gasteiger charge is 2.35. The lowest BCUT2D eigenvalue weighted by atomic mass is 9.92. The van der Waals surface area contributed by atoms with Crippen molar-refractivity contribution in [2.24, 2.45) is 56.4 Å². The van der Waals surface area contributed by atoms with Crippen LogP contribution in [0.15, 0.2) is 9.98 Å².